The van der Waals surface area contributed by atoms with Crippen molar-refractivity contribution in [3.8, 4) is 0 Å². The first-order chi connectivity index (χ1) is 19.4. The lowest BCUT2D eigenvalue weighted by Gasteiger charge is -2.34. The standard InChI is InChI=1S/C32H40N4O4/c1-33-31(38)28(19-23-10-5-4-6-11-23)36(3)32(39)29(20-24-15-16-25-12-7-8-13-26(25)18-24)35(2)30(37)22-40-21-27-14-9-17-34-27/h4-8,10-13,15-16,18,27-29,34H,9,14,17,19-22H2,1-3H3,(H,33,38). The fraction of sp³-hybridized carbons (Fsp3) is 0.406. The van der Waals surface area contributed by atoms with Gasteiger partial charge in [-0.15, -0.1) is 0 Å². The van der Waals surface area contributed by atoms with E-state index in [4.69, 9.17) is 4.74 Å². The van der Waals surface area contributed by atoms with Gasteiger partial charge in [0.05, 0.1) is 6.61 Å². The summed E-state index contributed by atoms with van der Waals surface area (Å²) in [5, 5.41) is 8.23. The smallest absolute Gasteiger partial charge is 0.249 e. The molecule has 3 aromatic rings. The van der Waals surface area contributed by atoms with E-state index >= 15 is 0 Å². The number of nitrogens with one attached hydrogen (secondary N) is 2. The van der Waals surface area contributed by atoms with Gasteiger partial charge in [-0.2, -0.15) is 0 Å². The second-order valence-electron chi connectivity index (χ2n) is 10.5. The predicted octanol–water partition coefficient (Wildman–Crippen LogP) is 2.79. The number of nitrogens with zero attached hydrogens (tertiary/aromatic N) is 2. The third-order valence-electron chi connectivity index (χ3n) is 7.73. The number of carbonyl (C=O) groups excluding carboxylic acids is 3. The van der Waals surface area contributed by atoms with Crippen molar-refractivity contribution in [3.63, 3.8) is 0 Å². The van der Waals surface area contributed by atoms with E-state index in [-0.39, 0.29) is 30.4 Å². The molecule has 0 radical (unpaired) electrons. The number of hydrogen-bond donors (Lipinski definition) is 2. The fourth-order valence-corrected chi connectivity index (χ4v) is 5.24. The molecule has 8 heteroatoms. The Balaban J connectivity index is 1.56. The molecule has 1 fully saturated rings. The maximum Gasteiger partial charge on any atom is 0.249 e. The lowest BCUT2D eigenvalue weighted by atomic mass is 9.98. The van der Waals surface area contributed by atoms with Gasteiger partial charge in [0.15, 0.2) is 0 Å². The Bertz CT molecular complexity index is 1290. The number of carbonyl (C=O) groups is 3. The van der Waals surface area contributed by atoms with Crippen molar-refractivity contribution in [1.29, 1.82) is 0 Å². The van der Waals surface area contributed by atoms with Crippen LogP contribution < -0.4 is 10.6 Å². The van der Waals surface area contributed by atoms with E-state index < -0.39 is 12.1 Å². The van der Waals surface area contributed by atoms with Gasteiger partial charge >= 0.3 is 0 Å². The van der Waals surface area contributed by atoms with E-state index in [0.29, 0.717) is 19.4 Å². The van der Waals surface area contributed by atoms with Crippen LogP contribution in [0, 0.1) is 0 Å². The van der Waals surface area contributed by atoms with Crippen LogP contribution >= 0.6 is 0 Å². The number of likely N-dealkylation sites (N-methyl/N-ethyl adjacent to an activating group) is 3. The third-order valence-corrected chi connectivity index (χ3v) is 7.73. The van der Waals surface area contributed by atoms with Crippen molar-refractivity contribution in [3.05, 3.63) is 83.9 Å². The maximum absolute atomic E-state index is 14.1. The largest absolute Gasteiger partial charge is 0.370 e. The van der Waals surface area contributed by atoms with Crippen LogP contribution in [0.25, 0.3) is 10.8 Å². The Morgan fingerprint density at radius 3 is 2.30 bits per heavy atom. The number of fused-ring (bicyclic) bond motifs is 1. The van der Waals surface area contributed by atoms with E-state index in [9.17, 15) is 14.4 Å². The summed E-state index contributed by atoms with van der Waals surface area (Å²) < 4.78 is 5.74. The highest BCUT2D eigenvalue weighted by Crippen LogP contribution is 2.20. The first kappa shape index (κ1) is 29.2. The van der Waals surface area contributed by atoms with Crippen LogP contribution in [0.2, 0.25) is 0 Å². The SMILES string of the molecule is CNC(=O)C(Cc1ccccc1)N(C)C(=O)C(Cc1ccc2ccccc2c1)N(C)C(=O)COCC1CCCN1. The molecular formula is C32H40N4O4. The van der Waals surface area contributed by atoms with Crippen LogP contribution in [0.1, 0.15) is 24.0 Å². The van der Waals surface area contributed by atoms with E-state index in [1.807, 2.05) is 66.7 Å². The molecule has 3 atom stereocenters. The van der Waals surface area contributed by atoms with Gasteiger partial charge in [-0.1, -0.05) is 72.8 Å². The van der Waals surface area contributed by atoms with E-state index in [1.165, 1.54) is 9.80 Å². The molecule has 0 aromatic heterocycles. The average Bonchev–Trinajstić information content (AvgIpc) is 3.51. The number of ether oxygens (including phenoxy) is 1. The summed E-state index contributed by atoms with van der Waals surface area (Å²) in [4.78, 5) is 43.3. The van der Waals surface area contributed by atoms with Crippen LogP contribution in [0.4, 0.5) is 0 Å². The molecule has 1 aliphatic rings. The van der Waals surface area contributed by atoms with Gasteiger partial charge in [0.1, 0.15) is 18.7 Å². The van der Waals surface area contributed by atoms with Gasteiger partial charge in [0, 0.05) is 40.0 Å². The second-order valence-corrected chi connectivity index (χ2v) is 10.5. The molecular weight excluding hydrogens is 504 g/mol. The summed E-state index contributed by atoms with van der Waals surface area (Å²) in [5.74, 6) is -0.832. The Hall–Kier alpha value is -3.75. The maximum atomic E-state index is 14.1. The van der Waals surface area contributed by atoms with Crippen LogP contribution in [-0.4, -0.2) is 86.5 Å². The summed E-state index contributed by atoms with van der Waals surface area (Å²) in [5.41, 5.74) is 1.88. The molecule has 2 N–H and O–H groups in total. The normalized spacial score (nSPS) is 16.3. The Labute approximate surface area is 236 Å². The van der Waals surface area contributed by atoms with Crippen molar-refractivity contribution in [1.82, 2.24) is 20.4 Å². The summed E-state index contributed by atoms with van der Waals surface area (Å²) in [7, 11) is 4.85. The minimum absolute atomic E-state index is 0.108. The van der Waals surface area contributed by atoms with Crippen LogP contribution in [0.15, 0.2) is 72.8 Å². The highest BCUT2D eigenvalue weighted by atomic mass is 16.5. The summed E-state index contributed by atoms with van der Waals surface area (Å²) in [6.45, 7) is 1.31. The molecule has 0 saturated carbocycles. The molecule has 3 aromatic carbocycles. The zero-order chi connectivity index (χ0) is 28.5. The Morgan fingerprint density at radius 1 is 0.900 bits per heavy atom. The molecule has 3 amide bonds. The monoisotopic (exact) mass is 544 g/mol. The van der Waals surface area contributed by atoms with Crippen molar-refractivity contribution in [2.75, 3.05) is 40.9 Å². The van der Waals surface area contributed by atoms with Gasteiger partial charge in [-0.05, 0) is 41.3 Å². The molecule has 40 heavy (non-hydrogen) atoms. The van der Waals surface area contributed by atoms with Crippen molar-refractivity contribution < 1.29 is 19.1 Å². The van der Waals surface area contributed by atoms with Gasteiger partial charge < -0.3 is 25.2 Å². The van der Waals surface area contributed by atoms with Crippen LogP contribution in [-0.2, 0) is 32.0 Å². The van der Waals surface area contributed by atoms with Gasteiger partial charge in [0.25, 0.3) is 0 Å². The van der Waals surface area contributed by atoms with E-state index in [0.717, 1.165) is 41.3 Å². The molecule has 8 nitrogen and oxygen atoms in total. The summed E-state index contributed by atoms with van der Waals surface area (Å²) >= 11 is 0. The lowest BCUT2D eigenvalue weighted by Crippen LogP contribution is -2.56. The molecule has 0 bridgehead atoms. The quantitative estimate of drug-likeness (QED) is 0.366. The number of rotatable bonds is 12. The number of benzene rings is 3. The molecule has 3 unspecified atom stereocenters. The van der Waals surface area contributed by atoms with E-state index in [2.05, 4.69) is 16.7 Å². The predicted molar refractivity (Wildman–Crippen MR) is 157 cm³/mol. The Kier molecular flexibility index (Phi) is 10.3. The van der Waals surface area contributed by atoms with Crippen LogP contribution in [0.3, 0.4) is 0 Å². The highest BCUT2D eigenvalue weighted by molar-refractivity contribution is 5.92. The minimum atomic E-state index is -0.810. The van der Waals surface area contributed by atoms with Gasteiger partial charge in [0.2, 0.25) is 17.7 Å². The number of amides is 3. The molecule has 0 aliphatic carbocycles. The molecule has 1 aliphatic heterocycles. The van der Waals surface area contributed by atoms with Crippen molar-refractivity contribution >= 4 is 28.5 Å². The third kappa shape index (κ3) is 7.46. The first-order valence-electron chi connectivity index (χ1n) is 13.9. The minimum Gasteiger partial charge on any atom is -0.370 e. The number of hydrogen-bond acceptors (Lipinski definition) is 5. The van der Waals surface area contributed by atoms with Gasteiger partial charge in [-0.25, -0.2) is 0 Å². The molecule has 212 valence electrons. The molecule has 0 spiro atoms. The summed E-state index contributed by atoms with van der Waals surface area (Å²) in [6.07, 6.45) is 2.80. The van der Waals surface area contributed by atoms with Crippen molar-refractivity contribution in [2.45, 2.75) is 43.8 Å². The van der Waals surface area contributed by atoms with Gasteiger partial charge in [-0.3, -0.25) is 14.4 Å². The fourth-order valence-electron chi connectivity index (χ4n) is 5.24. The highest BCUT2D eigenvalue weighted by Gasteiger charge is 2.35. The lowest BCUT2D eigenvalue weighted by molar-refractivity contribution is -0.149. The Morgan fingerprint density at radius 2 is 1.60 bits per heavy atom. The zero-order valence-corrected chi connectivity index (χ0v) is 23.6. The van der Waals surface area contributed by atoms with E-state index in [1.54, 1.807) is 21.1 Å². The zero-order valence-electron chi connectivity index (χ0n) is 23.6. The average molecular weight is 545 g/mol. The molecule has 1 heterocycles. The second kappa shape index (κ2) is 14.1. The van der Waals surface area contributed by atoms with Crippen molar-refractivity contribution in [2.24, 2.45) is 0 Å². The molecule has 1 saturated heterocycles. The molecule has 4 rings (SSSR count). The first-order valence-corrected chi connectivity index (χ1v) is 13.9. The summed E-state index contributed by atoms with van der Waals surface area (Å²) in [6, 6.07) is 22.4. The van der Waals surface area contributed by atoms with Crippen LogP contribution in [0.5, 0.6) is 0 Å². The topological polar surface area (TPSA) is 91.0 Å².